The summed E-state index contributed by atoms with van der Waals surface area (Å²) in [5.74, 6) is 0.978. The quantitative estimate of drug-likeness (QED) is 0.654. The van der Waals surface area contributed by atoms with Gasteiger partial charge in [-0.3, -0.25) is 4.79 Å². The molecule has 1 atom stereocenters. The van der Waals surface area contributed by atoms with Crippen LogP contribution in [-0.4, -0.2) is 30.0 Å². The number of nitrogens with two attached hydrogens (primary N) is 1. The molecule has 0 aliphatic heterocycles. The highest BCUT2D eigenvalue weighted by Crippen LogP contribution is 2.18. The lowest BCUT2D eigenvalue weighted by Gasteiger charge is -2.10. The standard InChI is InChI=1S/C8H16N2OS/c1-12-5-4-7(9)8(11)10-6-2-3-6/h6-7H,2-5,9H2,1H3,(H,10,11)/t7-/m0/s1. The lowest BCUT2D eigenvalue weighted by Crippen LogP contribution is -2.41. The first-order chi connectivity index (χ1) is 5.74. The van der Waals surface area contributed by atoms with E-state index in [0.717, 1.165) is 25.0 Å². The summed E-state index contributed by atoms with van der Waals surface area (Å²) < 4.78 is 0. The number of thioether (sulfide) groups is 1. The van der Waals surface area contributed by atoms with Crippen molar-refractivity contribution in [1.82, 2.24) is 5.32 Å². The Morgan fingerprint density at radius 1 is 1.75 bits per heavy atom. The van der Waals surface area contributed by atoms with E-state index < -0.39 is 0 Å². The zero-order valence-electron chi connectivity index (χ0n) is 7.38. The van der Waals surface area contributed by atoms with Crippen LogP contribution in [0.5, 0.6) is 0 Å². The molecule has 1 aliphatic rings. The molecule has 0 saturated heterocycles. The normalized spacial score (nSPS) is 18.8. The minimum atomic E-state index is -0.307. The van der Waals surface area contributed by atoms with Crippen molar-refractivity contribution < 1.29 is 4.79 Å². The van der Waals surface area contributed by atoms with Gasteiger partial charge in [0.1, 0.15) is 0 Å². The van der Waals surface area contributed by atoms with Crippen LogP contribution in [0.1, 0.15) is 19.3 Å². The Bertz CT molecular complexity index is 159. The average molecular weight is 188 g/mol. The van der Waals surface area contributed by atoms with Crippen LogP contribution in [0.2, 0.25) is 0 Å². The van der Waals surface area contributed by atoms with Gasteiger partial charge >= 0.3 is 0 Å². The summed E-state index contributed by atoms with van der Waals surface area (Å²) in [6.45, 7) is 0. The van der Waals surface area contributed by atoms with E-state index in [1.807, 2.05) is 6.26 Å². The van der Waals surface area contributed by atoms with Crippen LogP contribution in [0.4, 0.5) is 0 Å². The van der Waals surface area contributed by atoms with Gasteiger partial charge in [-0.15, -0.1) is 0 Å². The molecule has 1 saturated carbocycles. The number of hydrogen-bond donors (Lipinski definition) is 2. The number of hydrogen-bond acceptors (Lipinski definition) is 3. The van der Waals surface area contributed by atoms with Gasteiger partial charge in [0.2, 0.25) is 5.91 Å². The SMILES string of the molecule is CSCC[C@H](N)C(=O)NC1CC1. The second kappa shape index (κ2) is 4.72. The van der Waals surface area contributed by atoms with E-state index in [9.17, 15) is 4.79 Å². The van der Waals surface area contributed by atoms with Gasteiger partial charge in [-0.2, -0.15) is 11.8 Å². The van der Waals surface area contributed by atoms with Crippen LogP contribution in [0.25, 0.3) is 0 Å². The van der Waals surface area contributed by atoms with Crippen molar-refractivity contribution in [3.05, 3.63) is 0 Å². The largest absolute Gasteiger partial charge is 0.352 e. The summed E-state index contributed by atoms with van der Waals surface area (Å²) >= 11 is 1.72. The first-order valence-corrected chi connectivity index (χ1v) is 5.68. The van der Waals surface area contributed by atoms with Crippen molar-refractivity contribution in [3.63, 3.8) is 0 Å². The van der Waals surface area contributed by atoms with Crippen LogP contribution in [0.15, 0.2) is 0 Å². The van der Waals surface area contributed by atoms with E-state index in [1.165, 1.54) is 0 Å². The van der Waals surface area contributed by atoms with Gasteiger partial charge in [-0.05, 0) is 31.3 Å². The molecule has 0 radical (unpaired) electrons. The van der Waals surface area contributed by atoms with Crippen molar-refractivity contribution in [2.24, 2.45) is 5.73 Å². The minimum Gasteiger partial charge on any atom is -0.352 e. The molecular formula is C8H16N2OS. The lowest BCUT2D eigenvalue weighted by molar-refractivity contribution is -0.122. The molecular weight excluding hydrogens is 172 g/mol. The molecule has 3 nitrogen and oxygen atoms in total. The van der Waals surface area contributed by atoms with Crippen LogP contribution in [0, 0.1) is 0 Å². The zero-order valence-corrected chi connectivity index (χ0v) is 8.19. The van der Waals surface area contributed by atoms with Crippen molar-refractivity contribution in [3.8, 4) is 0 Å². The number of carbonyl (C=O) groups is 1. The fraction of sp³-hybridized carbons (Fsp3) is 0.875. The maximum atomic E-state index is 11.3. The number of carbonyl (C=O) groups excluding carboxylic acids is 1. The molecule has 1 amide bonds. The van der Waals surface area contributed by atoms with E-state index >= 15 is 0 Å². The van der Waals surface area contributed by atoms with Crippen LogP contribution >= 0.6 is 11.8 Å². The molecule has 0 aromatic rings. The van der Waals surface area contributed by atoms with Crippen LogP contribution in [0.3, 0.4) is 0 Å². The molecule has 0 spiro atoms. The third-order valence-corrected chi connectivity index (χ3v) is 2.54. The van der Waals surface area contributed by atoms with Crippen molar-refractivity contribution in [1.29, 1.82) is 0 Å². The summed E-state index contributed by atoms with van der Waals surface area (Å²) in [5, 5.41) is 2.89. The molecule has 0 aromatic carbocycles. The Morgan fingerprint density at radius 3 is 2.92 bits per heavy atom. The first kappa shape index (κ1) is 9.86. The van der Waals surface area contributed by atoms with Gasteiger partial charge < -0.3 is 11.1 Å². The van der Waals surface area contributed by atoms with E-state index in [0.29, 0.717) is 6.04 Å². The van der Waals surface area contributed by atoms with E-state index in [2.05, 4.69) is 5.32 Å². The maximum Gasteiger partial charge on any atom is 0.237 e. The molecule has 3 N–H and O–H groups in total. The average Bonchev–Trinajstić information content (AvgIpc) is 2.83. The monoisotopic (exact) mass is 188 g/mol. The summed E-state index contributed by atoms with van der Waals surface area (Å²) in [6.07, 6.45) is 5.05. The minimum absolute atomic E-state index is 0.0200. The van der Waals surface area contributed by atoms with Gasteiger partial charge in [0.15, 0.2) is 0 Å². The molecule has 1 rings (SSSR count). The highest BCUT2D eigenvalue weighted by molar-refractivity contribution is 7.98. The molecule has 1 aliphatic carbocycles. The molecule has 0 bridgehead atoms. The Morgan fingerprint density at radius 2 is 2.42 bits per heavy atom. The van der Waals surface area contributed by atoms with E-state index in [1.54, 1.807) is 11.8 Å². The van der Waals surface area contributed by atoms with Crippen molar-refractivity contribution >= 4 is 17.7 Å². The van der Waals surface area contributed by atoms with Crippen molar-refractivity contribution in [2.75, 3.05) is 12.0 Å². The smallest absolute Gasteiger partial charge is 0.237 e. The molecule has 0 heterocycles. The highest BCUT2D eigenvalue weighted by atomic mass is 32.2. The van der Waals surface area contributed by atoms with Gasteiger partial charge in [0, 0.05) is 6.04 Å². The fourth-order valence-corrected chi connectivity index (χ4v) is 1.40. The number of nitrogens with one attached hydrogen (secondary N) is 1. The van der Waals surface area contributed by atoms with E-state index in [4.69, 9.17) is 5.73 Å². The highest BCUT2D eigenvalue weighted by Gasteiger charge is 2.25. The Hall–Kier alpha value is -0.220. The summed E-state index contributed by atoms with van der Waals surface area (Å²) in [7, 11) is 0. The molecule has 4 heteroatoms. The molecule has 0 unspecified atom stereocenters. The second-order valence-electron chi connectivity index (χ2n) is 3.17. The summed E-state index contributed by atoms with van der Waals surface area (Å²) in [5.41, 5.74) is 5.65. The van der Waals surface area contributed by atoms with Gasteiger partial charge in [0.05, 0.1) is 6.04 Å². The Kier molecular flexibility index (Phi) is 3.88. The topological polar surface area (TPSA) is 55.1 Å². The van der Waals surface area contributed by atoms with Crippen LogP contribution in [-0.2, 0) is 4.79 Å². The lowest BCUT2D eigenvalue weighted by atomic mass is 10.2. The summed E-state index contributed by atoms with van der Waals surface area (Å²) in [4.78, 5) is 11.3. The third kappa shape index (κ3) is 3.45. The molecule has 12 heavy (non-hydrogen) atoms. The second-order valence-corrected chi connectivity index (χ2v) is 4.16. The number of rotatable bonds is 5. The van der Waals surface area contributed by atoms with E-state index in [-0.39, 0.29) is 11.9 Å². The maximum absolute atomic E-state index is 11.3. The zero-order chi connectivity index (χ0) is 8.97. The molecule has 70 valence electrons. The predicted molar refractivity (Wildman–Crippen MR) is 52.1 cm³/mol. The molecule has 0 aromatic heterocycles. The third-order valence-electron chi connectivity index (χ3n) is 1.89. The summed E-state index contributed by atoms with van der Waals surface area (Å²) in [6, 6.07) is 0.121. The van der Waals surface area contributed by atoms with Gasteiger partial charge in [0.25, 0.3) is 0 Å². The van der Waals surface area contributed by atoms with Crippen molar-refractivity contribution in [2.45, 2.75) is 31.3 Å². The predicted octanol–water partition coefficient (Wildman–Crippen LogP) is 0.345. The molecule has 1 fully saturated rings. The Balaban J connectivity index is 2.11. The van der Waals surface area contributed by atoms with Crippen LogP contribution < -0.4 is 11.1 Å². The number of amides is 1. The fourth-order valence-electron chi connectivity index (χ4n) is 0.912. The van der Waals surface area contributed by atoms with Gasteiger partial charge in [-0.25, -0.2) is 0 Å². The Labute approximate surface area is 77.5 Å². The first-order valence-electron chi connectivity index (χ1n) is 4.29. The van der Waals surface area contributed by atoms with Gasteiger partial charge in [-0.1, -0.05) is 0 Å².